The van der Waals surface area contributed by atoms with E-state index in [-0.39, 0.29) is 27.4 Å². The molecule has 0 aliphatic heterocycles. The average Bonchev–Trinajstić information content (AvgIpc) is 2.74. The Labute approximate surface area is 181 Å². The number of nitro benzene ring substituents is 1. The van der Waals surface area contributed by atoms with E-state index in [1.165, 1.54) is 37.3 Å². The summed E-state index contributed by atoms with van der Waals surface area (Å²) in [7, 11) is -4.27. The van der Waals surface area contributed by atoms with Crippen molar-refractivity contribution >= 4 is 27.3 Å². The summed E-state index contributed by atoms with van der Waals surface area (Å²) in [5, 5.41) is 11.3. The minimum Gasteiger partial charge on any atom is -0.268 e. The van der Waals surface area contributed by atoms with Crippen molar-refractivity contribution in [3.8, 4) is 0 Å². The van der Waals surface area contributed by atoms with Crippen molar-refractivity contribution in [1.29, 1.82) is 0 Å². The summed E-state index contributed by atoms with van der Waals surface area (Å²) >= 11 is 0. The van der Waals surface area contributed by atoms with E-state index in [2.05, 4.69) is 0 Å². The number of nitro groups is 1. The number of benzene rings is 3. The largest absolute Gasteiger partial charge is 0.273 e. The summed E-state index contributed by atoms with van der Waals surface area (Å²) in [6, 6.07) is 16.8. The van der Waals surface area contributed by atoms with Crippen LogP contribution >= 0.6 is 0 Å². The third kappa shape index (κ3) is 4.34. The van der Waals surface area contributed by atoms with Crippen LogP contribution in [0, 0.1) is 24.0 Å². The quantitative estimate of drug-likeness (QED) is 0.406. The monoisotopic (exact) mass is 438 g/mol. The minimum atomic E-state index is -4.27. The standard InChI is InChI=1S/C23H22N2O5S/c1-4-18-10-12-19(13-11-18)24(31(29,30)20-14-8-16(2)9-15-20)23(26)21-6-5-7-22(17(21)3)25(27)28/h5-15H,4H2,1-3H3. The van der Waals surface area contributed by atoms with Crippen LogP contribution in [0.25, 0.3) is 0 Å². The van der Waals surface area contributed by atoms with Gasteiger partial charge in [-0.1, -0.05) is 42.8 Å². The molecule has 8 heteroatoms. The fraction of sp³-hybridized carbons (Fsp3) is 0.174. The predicted octanol–water partition coefficient (Wildman–Crippen LogP) is 4.81. The molecule has 0 saturated carbocycles. The summed E-state index contributed by atoms with van der Waals surface area (Å²) in [5.74, 6) is -0.856. The lowest BCUT2D eigenvalue weighted by molar-refractivity contribution is -0.385. The highest BCUT2D eigenvalue weighted by molar-refractivity contribution is 7.93. The number of nitrogens with zero attached hydrogens (tertiary/aromatic N) is 2. The van der Waals surface area contributed by atoms with E-state index in [0.717, 1.165) is 17.5 Å². The molecule has 0 heterocycles. The Morgan fingerprint density at radius 1 is 0.968 bits per heavy atom. The number of anilines is 1. The van der Waals surface area contributed by atoms with Crippen LogP contribution in [-0.2, 0) is 16.4 Å². The molecule has 1 amide bonds. The maximum Gasteiger partial charge on any atom is 0.273 e. The molecule has 3 aromatic carbocycles. The number of amides is 1. The molecule has 0 aliphatic carbocycles. The molecule has 0 radical (unpaired) electrons. The minimum absolute atomic E-state index is 0.0471. The Morgan fingerprint density at radius 3 is 2.13 bits per heavy atom. The van der Waals surface area contributed by atoms with Crippen molar-refractivity contribution < 1.29 is 18.1 Å². The van der Waals surface area contributed by atoms with Gasteiger partial charge in [0.15, 0.2) is 0 Å². The van der Waals surface area contributed by atoms with Crippen LogP contribution in [0.2, 0.25) is 0 Å². The lowest BCUT2D eigenvalue weighted by Crippen LogP contribution is -2.37. The van der Waals surface area contributed by atoms with Gasteiger partial charge >= 0.3 is 0 Å². The van der Waals surface area contributed by atoms with Gasteiger partial charge in [0, 0.05) is 11.6 Å². The highest BCUT2D eigenvalue weighted by Crippen LogP contribution is 2.29. The maximum absolute atomic E-state index is 13.5. The first-order chi connectivity index (χ1) is 14.7. The number of carbonyl (C=O) groups excluding carboxylic acids is 1. The fourth-order valence-electron chi connectivity index (χ4n) is 3.21. The summed E-state index contributed by atoms with van der Waals surface area (Å²) < 4.78 is 27.7. The molecular weight excluding hydrogens is 416 g/mol. The molecule has 3 aromatic rings. The second-order valence-electron chi connectivity index (χ2n) is 7.11. The van der Waals surface area contributed by atoms with Crippen molar-refractivity contribution in [2.24, 2.45) is 0 Å². The van der Waals surface area contributed by atoms with Gasteiger partial charge in [-0.2, -0.15) is 4.31 Å². The number of hydrogen-bond acceptors (Lipinski definition) is 5. The molecule has 0 aliphatic rings. The Hall–Kier alpha value is -3.52. The molecule has 0 fully saturated rings. The van der Waals surface area contributed by atoms with Crippen LogP contribution in [0.15, 0.2) is 71.6 Å². The molecular formula is C23H22N2O5S. The Balaban J connectivity index is 2.21. The first-order valence-electron chi connectivity index (χ1n) is 9.66. The van der Waals surface area contributed by atoms with E-state index < -0.39 is 20.9 Å². The molecule has 31 heavy (non-hydrogen) atoms. The van der Waals surface area contributed by atoms with Crippen molar-refractivity contribution in [1.82, 2.24) is 0 Å². The van der Waals surface area contributed by atoms with Gasteiger partial charge in [0.2, 0.25) is 0 Å². The van der Waals surface area contributed by atoms with E-state index in [0.29, 0.717) is 4.31 Å². The average molecular weight is 439 g/mol. The second kappa shape index (κ2) is 8.69. The predicted molar refractivity (Wildman–Crippen MR) is 119 cm³/mol. The Kier molecular flexibility index (Phi) is 6.21. The number of rotatable bonds is 6. The van der Waals surface area contributed by atoms with E-state index in [4.69, 9.17) is 0 Å². The first-order valence-corrected chi connectivity index (χ1v) is 11.1. The van der Waals surface area contributed by atoms with Gasteiger partial charge in [-0.3, -0.25) is 14.9 Å². The molecule has 160 valence electrons. The third-order valence-corrected chi connectivity index (χ3v) is 6.78. The summed E-state index contributed by atoms with van der Waals surface area (Å²) in [5.41, 5.74) is 1.82. The topological polar surface area (TPSA) is 97.6 Å². The lowest BCUT2D eigenvalue weighted by Gasteiger charge is -2.23. The highest BCUT2D eigenvalue weighted by Gasteiger charge is 2.33. The Bertz CT molecular complexity index is 1230. The highest BCUT2D eigenvalue weighted by atomic mass is 32.2. The van der Waals surface area contributed by atoms with E-state index in [1.807, 2.05) is 13.8 Å². The number of sulfonamides is 1. The number of hydrogen-bond donors (Lipinski definition) is 0. The van der Waals surface area contributed by atoms with Crippen molar-refractivity contribution in [2.75, 3.05) is 4.31 Å². The van der Waals surface area contributed by atoms with E-state index in [1.54, 1.807) is 36.4 Å². The van der Waals surface area contributed by atoms with Crippen molar-refractivity contribution in [3.63, 3.8) is 0 Å². The smallest absolute Gasteiger partial charge is 0.268 e. The number of carbonyl (C=O) groups is 1. The van der Waals surface area contributed by atoms with Gasteiger partial charge in [-0.05, 0) is 56.2 Å². The summed E-state index contributed by atoms with van der Waals surface area (Å²) in [4.78, 5) is 24.2. The van der Waals surface area contributed by atoms with Crippen molar-refractivity contribution in [3.05, 3.63) is 99.1 Å². The summed E-state index contributed by atoms with van der Waals surface area (Å²) in [6.07, 6.45) is 0.753. The van der Waals surface area contributed by atoms with Gasteiger partial charge in [-0.15, -0.1) is 0 Å². The van der Waals surface area contributed by atoms with Crippen LogP contribution < -0.4 is 4.31 Å². The zero-order valence-electron chi connectivity index (χ0n) is 17.4. The molecule has 3 rings (SSSR count). The molecule has 7 nitrogen and oxygen atoms in total. The van der Waals surface area contributed by atoms with Crippen LogP contribution in [0.5, 0.6) is 0 Å². The fourth-order valence-corrected chi connectivity index (χ4v) is 4.62. The molecule has 0 unspecified atom stereocenters. The van der Waals surface area contributed by atoms with Crippen molar-refractivity contribution in [2.45, 2.75) is 32.1 Å². The molecule has 0 bridgehead atoms. The van der Waals surface area contributed by atoms with Gasteiger partial charge < -0.3 is 0 Å². The SMILES string of the molecule is CCc1ccc(N(C(=O)c2cccc([N+](=O)[O-])c2C)S(=O)(=O)c2ccc(C)cc2)cc1. The zero-order valence-corrected chi connectivity index (χ0v) is 18.2. The second-order valence-corrected chi connectivity index (χ2v) is 8.90. The lowest BCUT2D eigenvalue weighted by atomic mass is 10.1. The van der Waals surface area contributed by atoms with E-state index >= 15 is 0 Å². The van der Waals surface area contributed by atoms with Crippen LogP contribution in [-0.4, -0.2) is 19.2 Å². The van der Waals surface area contributed by atoms with Gasteiger partial charge in [0.25, 0.3) is 21.6 Å². The first kappa shape index (κ1) is 22.2. The third-order valence-electron chi connectivity index (χ3n) is 5.06. The molecule has 0 atom stereocenters. The summed E-state index contributed by atoms with van der Waals surface area (Å²) in [6.45, 7) is 5.23. The molecule has 0 saturated heterocycles. The molecule has 0 spiro atoms. The zero-order chi connectivity index (χ0) is 22.8. The van der Waals surface area contributed by atoms with Gasteiger partial charge in [0.05, 0.1) is 21.1 Å². The van der Waals surface area contributed by atoms with E-state index in [9.17, 15) is 23.3 Å². The van der Waals surface area contributed by atoms with Crippen LogP contribution in [0.1, 0.15) is 34.0 Å². The van der Waals surface area contributed by atoms with Crippen LogP contribution in [0.4, 0.5) is 11.4 Å². The maximum atomic E-state index is 13.5. The van der Waals surface area contributed by atoms with Gasteiger partial charge in [-0.25, -0.2) is 8.42 Å². The number of aryl methyl sites for hydroxylation is 2. The normalized spacial score (nSPS) is 11.2. The Morgan fingerprint density at radius 2 is 1.58 bits per heavy atom. The van der Waals surface area contributed by atoms with Gasteiger partial charge in [0.1, 0.15) is 0 Å². The molecule has 0 N–H and O–H groups in total. The molecule has 0 aromatic heterocycles. The van der Waals surface area contributed by atoms with Crippen LogP contribution in [0.3, 0.4) is 0 Å².